The Morgan fingerprint density at radius 2 is 2.06 bits per heavy atom. The van der Waals surface area contributed by atoms with Crippen LogP contribution in [0.3, 0.4) is 0 Å². The minimum absolute atomic E-state index is 0.00296. The van der Waals surface area contributed by atoms with Crippen molar-refractivity contribution >= 4 is 16.6 Å². The van der Waals surface area contributed by atoms with Crippen LogP contribution in [0.15, 0.2) is 36.7 Å². The van der Waals surface area contributed by atoms with Crippen molar-refractivity contribution in [2.45, 2.75) is 19.9 Å². The van der Waals surface area contributed by atoms with E-state index in [1.54, 1.807) is 12.4 Å². The van der Waals surface area contributed by atoms with Crippen LogP contribution in [0.25, 0.3) is 10.8 Å². The quantitative estimate of drug-likeness (QED) is 0.821. The smallest absolute Gasteiger partial charge is 0.180 e. The van der Waals surface area contributed by atoms with Crippen molar-refractivity contribution in [3.63, 3.8) is 0 Å². The Bertz CT molecular complexity index is 543. The molecule has 0 amide bonds. The largest absolute Gasteiger partial charge is 0.321 e. The highest BCUT2D eigenvalue weighted by molar-refractivity contribution is 6.10. The van der Waals surface area contributed by atoms with Crippen LogP contribution in [-0.2, 0) is 0 Å². The second kappa shape index (κ2) is 4.63. The van der Waals surface area contributed by atoms with Gasteiger partial charge in [-0.05, 0) is 17.4 Å². The van der Waals surface area contributed by atoms with E-state index in [2.05, 4.69) is 4.98 Å². The summed E-state index contributed by atoms with van der Waals surface area (Å²) in [5.41, 5.74) is 6.60. The second-order valence-electron chi connectivity index (χ2n) is 4.54. The van der Waals surface area contributed by atoms with E-state index in [-0.39, 0.29) is 11.7 Å². The lowest BCUT2D eigenvalue weighted by Gasteiger charge is -2.15. The molecule has 1 unspecified atom stereocenters. The maximum Gasteiger partial charge on any atom is 0.180 e. The van der Waals surface area contributed by atoms with Gasteiger partial charge in [-0.2, -0.15) is 0 Å². The molecule has 1 aromatic carbocycles. The van der Waals surface area contributed by atoms with Crippen LogP contribution in [0, 0.1) is 5.92 Å². The molecule has 0 saturated carbocycles. The van der Waals surface area contributed by atoms with Crippen LogP contribution in [0.1, 0.15) is 24.2 Å². The van der Waals surface area contributed by atoms with E-state index in [1.807, 2.05) is 38.1 Å². The minimum atomic E-state index is -0.450. The first-order valence-electron chi connectivity index (χ1n) is 5.74. The highest BCUT2D eigenvalue weighted by Crippen LogP contribution is 2.19. The lowest BCUT2D eigenvalue weighted by atomic mass is 9.93. The van der Waals surface area contributed by atoms with Crippen molar-refractivity contribution in [3.05, 3.63) is 42.2 Å². The number of nitrogens with two attached hydrogens (primary N) is 1. The number of pyridine rings is 1. The van der Waals surface area contributed by atoms with E-state index >= 15 is 0 Å². The molecule has 0 fully saturated rings. The Balaban J connectivity index is 2.52. The first-order valence-corrected chi connectivity index (χ1v) is 5.74. The third kappa shape index (κ3) is 2.19. The van der Waals surface area contributed by atoms with Gasteiger partial charge in [0.2, 0.25) is 0 Å². The number of nitrogens with zero attached hydrogens (tertiary/aromatic N) is 1. The fourth-order valence-corrected chi connectivity index (χ4v) is 1.82. The average Bonchev–Trinajstić information content (AvgIpc) is 2.36. The number of aromatic nitrogens is 1. The summed E-state index contributed by atoms with van der Waals surface area (Å²) < 4.78 is 0. The number of Topliss-reactive ketones (excluding diaryl/α,β-unsaturated/α-hetero) is 1. The lowest BCUT2D eigenvalue weighted by molar-refractivity contribution is 0.0942. The first-order chi connectivity index (χ1) is 8.11. The van der Waals surface area contributed by atoms with E-state index in [0.717, 1.165) is 10.8 Å². The van der Waals surface area contributed by atoms with Crippen LogP contribution in [-0.4, -0.2) is 16.8 Å². The Labute approximate surface area is 101 Å². The standard InChI is InChI=1S/C14H16N2O/c1-9(2)13(15)14(17)12-5-3-4-10-8-16-7-6-11(10)12/h3-9,13H,15H2,1-2H3. The molecule has 0 aliphatic heterocycles. The van der Waals surface area contributed by atoms with Crippen molar-refractivity contribution < 1.29 is 4.79 Å². The molecular weight excluding hydrogens is 212 g/mol. The van der Waals surface area contributed by atoms with Gasteiger partial charge in [0.05, 0.1) is 6.04 Å². The van der Waals surface area contributed by atoms with E-state index in [4.69, 9.17) is 5.73 Å². The predicted molar refractivity (Wildman–Crippen MR) is 68.9 cm³/mol. The predicted octanol–water partition coefficient (Wildman–Crippen LogP) is 2.40. The third-order valence-corrected chi connectivity index (χ3v) is 2.97. The molecule has 88 valence electrons. The van der Waals surface area contributed by atoms with Gasteiger partial charge in [0.1, 0.15) is 0 Å². The summed E-state index contributed by atoms with van der Waals surface area (Å²) in [5.74, 6) is 0.136. The summed E-state index contributed by atoms with van der Waals surface area (Å²) in [6.07, 6.45) is 3.45. The molecule has 1 heterocycles. The zero-order valence-electron chi connectivity index (χ0n) is 10.1. The molecule has 1 aromatic heterocycles. The van der Waals surface area contributed by atoms with Crippen LogP contribution < -0.4 is 5.73 Å². The summed E-state index contributed by atoms with van der Waals surface area (Å²) in [6, 6.07) is 7.04. The fourth-order valence-electron chi connectivity index (χ4n) is 1.82. The first kappa shape index (κ1) is 11.7. The summed E-state index contributed by atoms with van der Waals surface area (Å²) >= 11 is 0. The number of benzene rings is 1. The van der Waals surface area contributed by atoms with Gasteiger partial charge in [-0.25, -0.2) is 0 Å². The van der Waals surface area contributed by atoms with Gasteiger partial charge < -0.3 is 5.73 Å². The van der Waals surface area contributed by atoms with E-state index in [0.29, 0.717) is 5.56 Å². The minimum Gasteiger partial charge on any atom is -0.321 e. The normalized spacial score (nSPS) is 12.9. The summed E-state index contributed by atoms with van der Waals surface area (Å²) in [6.45, 7) is 3.91. The highest BCUT2D eigenvalue weighted by atomic mass is 16.1. The Morgan fingerprint density at radius 1 is 1.29 bits per heavy atom. The monoisotopic (exact) mass is 228 g/mol. The van der Waals surface area contributed by atoms with Gasteiger partial charge in [0.25, 0.3) is 0 Å². The Morgan fingerprint density at radius 3 is 2.76 bits per heavy atom. The van der Waals surface area contributed by atoms with Crippen molar-refractivity contribution in [3.8, 4) is 0 Å². The third-order valence-electron chi connectivity index (χ3n) is 2.97. The van der Waals surface area contributed by atoms with Crippen molar-refractivity contribution in [1.29, 1.82) is 0 Å². The fraction of sp³-hybridized carbons (Fsp3) is 0.286. The van der Waals surface area contributed by atoms with Crippen molar-refractivity contribution in [1.82, 2.24) is 4.98 Å². The molecule has 3 nitrogen and oxygen atoms in total. The number of ketones is 1. The molecule has 0 spiro atoms. The van der Waals surface area contributed by atoms with Crippen LogP contribution >= 0.6 is 0 Å². The zero-order chi connectivity index (χ0) is 12.4. The SMILES string of the molecule is CC(C)C(N)C(=O)c1cccc2cnccc12. The van der Waals surface area contributed by atoms with E-state index in [1.165, 1.54) is 0 Å². The van der Waals surface area contributed by atoms with Gasteiger partial charge in [-0.3, -0.25) is 9.78 Å². The average molecular weight is 228 g/mol. The maximum absolute atomic E-state index is 12.3. The van der Waals surface area contributed by atoms with Crippen LogP contribution in [0.4, 0.5) is 0 Å². The van der Waals surface area contributed by atoms with E-state index < -0.39 is 6.04 Å². The molecule has 2 aromatic rings. The van der Waals surface area contributed by atoms with Crippen molar-refractivity contribution in [2.24, 2.45) is 11.7 Å². The Hall–Kier alpha value is -1.74. The van der Waals surface area contributed by atoms with E-state index in [9.17, 15) is 4.79 Å². The van der Waals surface area contributed by atoms with Crippen molar-refractivity contribution in [2.75, 3.05) is 0 Å². The summed E-state index contributed by atoms with van der Waals surface area (Å²) in [5, 5.41) is 1.89. The van der Waals surface area contributed by atoms with Gasteiger partial charge >= 0.3 is 0 Å². The van der Waals surface area contributed by atoms with Gasteiger partial charge in [-0.15, -0.1) is 0 Å². The topological polar surface area (TPSA) is 56.0 Å². The van der Waals surface area contributed by atoms with Gasteiger partial charge in [0, 0.05) is 23.3 Å². The molecule has 0 saturated heterocycles. The number of rotatable bonds is 3. The molecular formula is C14H16N2O. The molecule has 1 atom stereocenters. The number of hydrogen-bond donors (Lipinski definition) is 1. The number of carbonyl (C=O) groups is 1. The molecule has 0 bridgehead atoms. The lowest BCUT2D eigenvalue weighted by Crippen LogP contribution is -2.35. The molecule has 0 aliphatic carbocycles. The number of hydrogen-bond acceptors (Lipinski definition) is 3. The molecule has 17 heavy (non-hydrogen) atoms. The van der Waals surface area contributed by atoms with Crippen LogP contribution in [0.2, 0.25) is 0 Å². The molecule has 2 N–H and O–H groups in total. The van der Waals surface area contributed by atoms with Crippen LogP contribution in [0.5, 0.6) is 0 Å². The molecule has 0 aliphatic rings. The highest BCUT2D eigenvalue weighted by Gasteiger charge is 2.20. The molecule has 0 radical (unpaired) electrons. The molecule has 3 heteroatoms. The second-order valence-corrected chi connectivity index (χ2v) is 4.54. The zero-order valence-corrected chi connectivity index (χ0v) is 10.1. The maximum atomic E-state index is 12.3. The Kier molecular flexibility index (Phi) is 3.20. The summed E-state index contributed by atoms with van der Waals surface area (Å²) in [7, 11) is 0. The summed E-state index contributed by atoms with van der Waals surface area (Å²) in [4.78, 5) is 16.3. The number of carbonyl (C=O) groups excluding carboxylic acids is 1. The van der Waals surface area contributed by atoms with Gasteiger partial charge in [-0.1, -0.05) is 32.0 Å². The molecule has 2 rings (SSSR count). The number of fused-ring (bicyclic) bond motifs is 1. The van der Waals surface area contributed by atoms with Gasteiger partial charge in [0.15, 0.2) is 5.78 Å².